The summed E-state index contributed by atoms with van der Waals surface area (Å²) in [5.74, 6) is -0.126. The van der Waals surface area contributed by atoms with Crippen LogP contribution in [0.3, 0.4) is 0 Å². The number of sulfonamides is 1. The number of carbonyl (C=O) groups excluding carboxylic acids is 1. The minimum absolute atomic E-state index is 0.126. The highest BCUT2D eigenvalue weighted by molar-refractivity contribution is 7.88. The van der Waals surface area contributed by atoms with E-state index in [0.717, 1.165) is 48.4 Å². The molecule has 0 bridgehead atoms. The number of nitrogens with one attached hydrogen (secondary N) is 2. The van der Waals surface area contributed by atoms with Gasteiger partial charge < -0.3 is 5.32 Å². The van der Waals surface area contributed by atoms with Crippen LogP contribution >= 0.6 is 0 Å². The van der Waals surface area contributed by atoms with Gasteiger partial charge >= 0.3 is 0 Å². The SMILES string of the molecule is Cc1nn(-c2ccccc2)c(C)c1NC(=O)CN1CCCC(NS(C)(=O)=O)C1. The summed E-state index contributed by atoms with van der Waals surface area (Å²) in [6.07, 6.45) is 2.80. The minimum Gasteiger partial charge on any atom is -0.322 e. The van der Waals surface area contributed by atoms with Crippen LogP contribution < -0.4 is 10.0 Å². The van der Waals surface area contributed by atoms with Gasteiger partial charge in [-0.15, -0.1) is 0 Å². The van der Waals surface area contributed by atoms with Gasteiger partial charge in [-0.3, -0.25) is 9.69 Å². The molecule has 0 radical (unpaired) electrons. The molecule has 3 rings (SSSR count). The molecule has 2 heterocycles. The fourth-order valence-corrected chi connectivity index (χ4v) is 4.42. The predicted octanol–water partition coefficient (Wildman–Crippen LogP) is 1.44. The van der Waals surface area contributed by atoms with Gasteiger partial charge in [0.25, 0.3) is 0 Å². The fourth-order valence-electron chi connectivity index (χ4n) is 3.62. The Balaban J connectivity index is 1.65. The molecule has 1 unspecified atom stereocenters. The van der Waals surface area contributed by atoms with Crippen molar-refractivity contribution in [3.63, 3.8) is 0 Å². The summed E-state index contributed by atoms with van der Waals surface area (Å²) in [4.78, 5) is 14.6. The van der Waals surface area contributed by atoms with E-state index in [9.17, 15) is 13.2 Å². The average molecular weight is 406 g/mol. The zero-order chi connectivity index (χ0) is 20.3. The van der Waals surface area contributed by atoms with Crippen molar-refractivity contribution in [2.24, 2.45) is 0 Å². The molecule has 9 heteroatoms. The Morgan fingerprint density at radius 3 is 2.64 bits per heavy atom. The lowest BCUT2D eigenvalue weighted by atomic mass is 10.1. The van der Waals surface area contributed by atoms with Gasteiger partial charge in [0.05, 0.1) is 35.6 Å². The Morgan fingerprint density at radius 2 is 1.96 bits per heavy atom. The van der Waals surface area contributed by atoms with Gasteiger partial charge in [-0.2, -0.15) is 5.10 Å². The van der Waals surface area contributed by atoms with Crippen molar-refractivity contribution in [3.05, 3.63) is 41.7 Å². The van der Waals surface area contributed by atoms with E-state index in [2.05, 4.69) is 15.1 Å². The number of amides is 1. The number of anilines is 1. The molecule has 1 atom stereocenters. The lowest BCUT2D eigenvalue weighted by molar-refractivity contribution is -0.117. The molecule has 1 saturated heterocycles. The van der Waals surface area contributed by atoms with Crippen molar-refractivity contribution < 1.29 is 13.2 Å². The van der Waals surface area contributed by atoms with Crippen LogP contribution in [0.15, 0.2) is 30.3 Å². The number of carbonyl (C=O) groups is 1. The molecule has 1 aliphatic rings. The van der Waals surface area contributed by atoms with Crippen molar-refractivity contribution in [2.45, 2.75) is 32.7 Å². The summed E-state index contributed by atoms with van der Waals surface area (Å²) in [6, 6.07) is 9.62. The number of aryl methyl sites for hydroxylation is 1. The highest BCUT2D eigenvalue weighted by Crippen LogP contribution is 2.23. The van der Waals surface area contributed by atoms with E-state index in [1.165, 1.54) is 0 Å². The second kappa shape index (κ2) is 8.42. The Hall–Kier alpha value is -2.23. The Kier molecular flexibility index (Phi) is 6.17. The van der Waals surface area contributed by atoms with E-state index in [1.807, 2.05) is 53.8 Å². The zero-order valence-corrected chi connectivity index (χ0v) is 17.3. The first-order valence-corrected chi connectivity index (χ1v) is 11.2. The third kappa shape index (κ3) is 5.18. The average Bonchev–Trinajstić information content (AvgIpc) is 2.89. The van der Waals surface area contributed by atoms with Crippen molar-refractivity contribution in [1.29, 1.82) is 0 Å². The van der Waals surface area contributed by atoms with Gasteiger partial charge in [0.1, 0.15) is 0 Å². The molecular weight excluding hydrogens is 378 g/mol. The monoisotopic (exact) mass is 405 g/mol. The molecule has 2 N–H and O–H groups in total. The van der Waals surface area contributed by atoms with Crippen LogP contribution in [0.5, 0.6) is 0 Å². The van der Waals surface area contributed by atoms with Crippen molar-refractivity contribution >= 4 is 21.6 Å². The Labute approximate surface area is 166 Å². The topological polar surface area (TPSA) is 96.3 Å². The molecule has 0 aliphatic carbocycles. The van der Waals surface area contributed by atoms with Gasteiger partial charge in [0.2, 0.25) is 15.9 Å². The molecule has 1 aromatic heterocycles. The first-order chi connectivity index (χ1) is 13.2. The molecular formula is C19H27N5O3S. The molecule has 28 heavy (non-hydrogen) atoms. The van der Waals surface area contributed by atoms with E-state index >= 15 is 0 Å². The van der Waals surface area contributed by atoms with E-state index in [1.54, 1.807) is 0 Å². The van der Waals surface area contributed by atoms with Crippen LogP contribution in [-0.2, 0) is 14.8 Å². The molecule has 1 aliphatic heterocycles. The Morgan fingerprint density at radius 1 is 1.25 bits per heavy atom. The molecule has 0 spiro atoms. The highest BCUT2D eigenvalue weighted by atomic mass is 32.2. The number of rotatable bonds is 6. The van der Waals surface area contributed by atoms with Gasteiger partial charge in [0.15, 0.2) is 0 Å². The second-order valence-corrected chi connectivity index (χ2v) is 9.09. The van der Waals surface area contributed by atoms with Crippen LogP contribution in [0, 0.1) is 13.8 Å². The lowest BCUT2D eigenvalue weighted by Crippen LogP contribution is -2.49. The second-order valence-electron chi connectivity index (χ2n) is 7.31. The van der Waals surface area contributed by atoms with Gasteiger partial charge in [-0.05, 0) is 45.4 Å². The van der Waals surface area contributed by atoms with Gasteiger partial charge in [0, 0.05) is 12.6 Å². The molecule has 152 valence electrons. The number of hydrogen-bond acceptors (Lipinski definition) is 5. The van der Waals surface area contributed by atoms with Crippen LogP contribution in [0.25, 0.3) is 5.69 Å². The minimum atomic E-state index is -3.25. The third-order valence-electron chi connectivity index (χ3n) is 4.81. The van der Waals surface area contributed by atoms with Gasteiger partial charge in [-0.1, -0.05) is 18.2 Å². The smallest absolute Gasteiger partial charge is 0.238 e. The van der Waals surface area contributed by atoms with E-state index in [-0.39, 0.29) is 18.5 Å². The Bertz CT molecular complexity index is 940. The summed E-state index contributed by atoms with van der Waals surface area (Å²) in [6.45, 7) is 5.32. The number of aromatic nitrogens is 2. The maximum absolute atomic E-state index is 12.6. The summed E-state index contributed by atoms with van der Waals surface area (Å²) in [5, 5.41) is 7.52. The van der Waals surface area contributed by atoms with E-state index in [0.29, 0.717) is 6.54 Å². The number of nitrogens with zero attached hydrogens (tertiary/aromatic N) is 3. The van der Waals surface area contributed by atoms with Crippen molar-refractivity contribution in [1.82, 2.24) is 19.4 Å². The van der Waals surface area contributed by atoms with E-state index in [4.69, 9.17) is 0 Å². The first kappa shape index (κ1) is 20.5. The third-order valence-corrected chi connectivity index (χ3v) is 5.57. The standard InChI is InChI=1S/C19H27N5O3S/c1-14-19(15(2)24(21-14)17-9-5-4-6-10-17)20-18(25)13-23-11-7-8-16(12-23)22-28(3,26)27/h4-6,9-10,16,22H,7-8,11-13H2,1-3H3,(H,20,25). The maximum Gasteiger partial charge on any atom is 0.238 e. The number of benzene rings is 1. The number of hydrogen-bond donors (Lipinski definition) is 2. The molecule has 2 aromatic rings. The van der Waals surface area contributed by atoms with Gasteiger partial charge in [-0.25, -0.2) is 17.8 Å². The van der Waals surface area contributed by atoms with Crippen LogP contribution in [0.1, 0.15) is 24.2 Å². The maximum atomic E-state index is 12.6. The van der Waals surface area contributed by atoms with Crippen molar-refractivity contribution in [3.8, 4) is 5.69 Å². The molecule has 1 fully saturated rings. The fraction of sp³-hybridized carbons (Fsp3) is 0.474. The van der Waals surface area contributed by atoms with Crippen molar-refractivity contribution in [2.75, 3.05) is 31.2 Å². The van der Waals surface area contributed by atoms with Crippen LogP contribution in [0.4, 0.5) is 5.69 Å². The molecule has 1 amide bonds. The largest absolute Gasteiger partial charge is 0.322 e. The summed E-state index contributed by atoms with van der Waals surface area (Å²) >= 11 is 0. The number of likely N-dealkylation sites (tertiary alicyclic amines) is 1. The summed E-state index contributed by atoms with van der Waals surface area (Å²) < 4.78 is 27.3. The lowest BCUT2D eigenvalue weighted by Gasteiger charge is -2.32. The molecule has 0 saturated carbocycles. The van der Waals surface area contributed by atoms with Crippen LogP contribution in [-0.4, -0.2) is 60.9 Å². The zero-order valence-electron chi connectivity index (χ0n) is 16.5. The molecule has 8 nitrogen and oxygen atoms in total. The summed E-state index contributed by atoms with van der Waals surface area (Å²) in [7, 11) is -3.25. The molecule has 1 aromatic carbocycles. The number of para-hydroxylation sites is 1. The number of piperidine rings is 1. The highest BCUT2D eigenvalue weighted by Gasteiger charge is 2.24. The van der Waals surface area contributed by atoms with E-state index < -0.39 is 10.0 Å². The first-order valence-electron chi connectivity index (χ1n) is 9.34. The normalized spacial score (nSPS) is 18.2. The van der Waals surface area contributed by atoms with Crippen LogP contribution in [0.2, 0.25) is 0 Å². The predicted molar refractivity (Wildman–Crippen MR) is 109 cm³/mol. The summed E-state index contributed by atoms with van der Waals surface area (Å²) in [5.41, 5.74) is 3.28. The quantitative estimate of drug-likeness (QED) is 0.758.